The number of para-hydroxylation sites is 1. The summed E-state index contributed by atoms with van der Waals surface area (Å²) in [4.78, 5) is 24.3. The molecule has 0 unspecified atom stereocenters. The van der Waals surface area contributed by atoms with Crippen molar-refractivity contribution < 1.29 is 23.8 Å². The van der Waals surface area contributed by atoms with Gasteiger partial charge in [0.1, 0.15) is 25.3 Å². The summed E-state index contributed by atoms with van der Waals surface area (Å²) in [5, 5.41) is 7.89. The Morgan fingerprint density at radius 1 is 1.08 bits per heavy atom. The molecule has 0 atom stereocenters. The van der Waals surface area contributed by atoms with Gasteiger partial charge in [0.05, 0.1) is 5.52 Å². The van der Waals surface area contributed by atoms with Crippen LogP contribution in [0.5, 0.6) is 11.5 Å². The molecule has 8 heteroatoms. The standard InChI is InChI=1S/C18H15N3O5/c22-15(12-5-6-16-17(9-12)25-8-7-24-16)11-26-18(23)10-21-14-4-2-1-3-13(14)19-20-21/h1-6,9H,7-8,10-11H2. The Kier molecular flexibility index (Phi) is 4.22. The van der Waals surface area contributed by atoms with Crippen molar-refractivity contribution in [3.63, 3.8) is 0 Å². The third kappa shape index (κ3) is 3.21. The van der Waals surface area contributed by atoms with Gasteiger partial charge in [-0.15, -0.1) is 5.10 Å². The van der Waals surface area contributed by atoms with Crippen LogP contribution in [-0.2, 0) is 16.1 Å². The first kappa shape index (κ1) is 16.1. The van der Waals surface area contributed by atoms with Gasteiger partial charge < -0.3 is 14.2 Å². The Labute approximate surface area is 148 Å². The fourth-order valence-electron chi connectivity index (χ4n) is 2.65. The maximum atomic E-state index is 12.2. The number of carbonyl (C=O) groups excluding carboxylic acids is 2. The number of esters is 1. The quantitative estimate of drug-likeness (QED) is 0.508. The molecule has 132 valence electrons. The van der Waals surface area contributed by atoms with E-state index in [0.717, 1.165) is 5.52 Å². The molecular formula is C18H15N3O5. The van der Waals surface area contributed by atoms with Crippen LogP contribution >= 0.6 is 0 Å². The van der Waals surface area contributed by atoms with Gasteiger partial charge in [-0.05, 0) is 30.3 Å². The number of Topliss-reactive ketones (excluding diaryl/α,β-unsaturated/α-hetero) is 1. The van der Waals surface area contributed by atoms with Crippen molar-refractivity contribution in [1.29, 1.82) is 0 Å². The van der Waals surface area contributed by atoms with Crippen molar-refractivity contribution in [3.05, 3.63) is 48.0 Å². The lowest BCUT2D eigenvalue weighted by atomic mass is 10.1. The third-order valence-electron chi connectivity index (χ3n) is 3.93. The van der Waals surface area contributed by atoms with Crippen LogP contribution in [0.3, 0.4) is 0 Å². The van der Waals surface area contributed by atoms with E-state index in [2.05, 4.69) is 10.3 Å². The molecule has 0 radical (unpaired) electrons. The van der Waals surface area contributed by atoms with E-state index in [1.165, 1.54) is 4.68 Å². The molecule has 0 spiro atoms. The first-order chi connectivity index (χ1) is 12.7. The smallest absolute Gasteiger partial charge is 0.328 e. The van der Waals surface area contributed by atoms with Crippen molar-refractivity contribution in [3.8, 4) is 11.5 Å². The number of rotatable bonds is 5. The van der Waals surface area contributed by atoms with Crippen LogP contribution in [0.4, 0.5) is 0 Å². The summed E-state index contributed by atoms with van der Waals surface area (Å²) in [6, 6.07) is 12.2. The first-order valence-corrected chi connectivity index (χ1v) is 8.07. The van der Waals surface area contributed by atoms with Gasteiger partial charge in [0, 0.05) is 5.56 Å². The van der Waals surface area contributed by atoms with Crippen LogP contribution in [0.15, 0.2) is 42.5 Å². The fourth-order valence-corrected chi connectivity index (χ4v) is 2.65. The summed E-state index contributed by atoms with van der Waals surface area (Å²) in [6.07, 6.45) is 0. The molecule has 2 heterocycles. The maximum absolute atomic E-state index is 12.2. The molecule has 0 saturated heterocycles. The second kappa shape index (κ2) is 6.83. The van der Waals surface area contributed by atoms with Gasteiger partial charge in [0.2, 0.25) is 0 Å². The van der Waals surface area contributed by atoms with Gasteiger partial charge in [-0.3, -0.25) is 9.59 Å². The zero-order chi connectivity index (χ0) is 17.9. The summed E-state index contributed by atoms with van der Waals surface area (Å²) in [5.74, 6) is 0.232. The lowest BCUT2D eigenvalue weighted by Gasteiger charge is -2.18. The number of ether oxygens (including phenoxy) is 3. The van der Waals surface area contributed by atoms with E-state index in [0.29, 0.717) is 35.8 Å². The Hall–Kier alpha value is -3.42. The normalized spacial score (nSPS) is 12.8. The molecular weight excluding hydrogens is 338 g/mol. The van der Waals surface area contributed by atoms with Crippen LogP contribution in [0, 0.1) is 0 Å². The van der Waals surface area contributed by atoms with Crippen molar-refractivity contribution in [2.75, 3.05) is 19.8 Å². The van der Waals surface area contributed by atoms with E-state index in [-0.39, 0.29) is 18.9 Å². The Morgan fingerprint density at radius 3 is 2.77 bits per heavy atom. The summed E-state index contributed by atoms with van der Waals surface area (Å²) in [5.41, 5.74) is 1.81. The van der Waals surface area contributed by atoms with E-state index in [4.69, 9.17) is 14.2 Å². The van der Waals surface area contributed by atoms with Crippen LogP contribution in [-0.4, -0.2) is 46.6 Å². The number of aromatic nitrogens is 3. The summed E-state index contributed by atoms with van der Waals surface area (Å²) in [7, 11) is 0. The number of hydrogen-bond donors (Lipinski definition) is 0. The number of hydrogen-bond acceptors (Lipinski definition) is 7. The zero-order valence-electron chi connectivity index (χ0n) is 13.8. The molecule has 0 N–H and O–H groups in total. The van der Waals surface area contributed by atoms with Crippen molar-refractivity contribution >= 4 is 22.8 Å². The second-order valence-electron chi connectivity index (χ2n) is 5.68. The minimum absolute atomic E-state index is 0.116. The van der Waals surface area contributed by atoms with Gasteiger partial charge in [0.25, 0.3) is 0 Å². The minimum atomic E-state index is -0.563. The second-order valence-corrected chi connectivity index (χ2v) is 5.68. The van der Waals surface area contributed by atoms with Gasteiger partial charge in [-0.2, -0.15) is 0 Å². The van der Waals surface area contributed by atoms with Crippen molar-refractivity contribution in [1.82, 2.24) is 15.0 Å². The van der Waals surface area contributed by atoms with Crippen LogP contribution in [0.2, 0.25) is 0 Å². The topological polar surface area (TPSA) is 92.5 Å². The van der Waals surface area contributed by atoms with Crippen LogP contribution in [0.25, 0.3) is 11.0 Å². The lowest BCUT2D eigenvalue weighted by Crippen LogP contribution is -2.20. The lowest BCUT2D eigenvalue weighted by molar-refractivity contribution is -0.143. The summed E-state index contributed by atoms with van der Waals surface area (Å²) >= 11 is 0. The average molecular weight is 353 g/mol. The predicted molar refractivity (Wildman–Crippen MR) is 90.2 cm³/mol. The fraction of sp³-hybridized carbons (Fsp3) is 0.222. The minimum Gasteiger partial charge on any atom is -0.486 e. The number of benzene rings is 2. The molecule has 26 heavy (non-hydrogen) atoms. The zero-order valence-corrected chi connectivity index (χ0v) is 13.8. The Balaban J connectivity index is 1.37. The highest BCUT2D eigenvalue weighted by Crippen LogP contribution is 2.30. The third-order valence-corrected chi connectivity index (χ3v) is 3.93. The van der Waals surface area contributed by atoms with Gasteiger partial charge in [0.15, 0.2) is 23.9 Å². The van der Waals surface area contributed by atoms with Crippen LogP contribution < -0.4 is 9.47 Å². The highest BCUT2D eigenvalue weighted by atomic mass is 16.6. The highest BCUT2D eigenvalue weighted by Gasteiger charge is 2.17. The molecule has 0 amide bonds. The predicted octanol–water partition coefficient (Wildman–Crippen LogP) is 1.63. The number of ketones is 1. The molecule has 1 aromatic heterocycles. The molecule has 2 aromatic carbocycles. The van der Waals surface area contributed by atoms with E-state index in [1.807, 2.05) is 18.2 Å². The van der Waals surface area contributed by atoms with Crippen molar-refractivity contribution in [2.45, 2.75) is 6.54 Å². The molecule has 1 aliphatic rings. The Bertz CT molecular complexity index is 982. The molecule has 0 fully saturated rings. The SMILES string of the molecule is O=C(Cn1nnc2ccccc21)OCC(=O)c1ccc2c(c1)OCCO2. The largest absolute Gasteiger partial charge is 0.486 e. The molecule has 3 aromatic rings. The summed E-state index contributed by atoms with van der Waals surface area (Å²) < 4.78 is 17.4. The van der Waals surface area contributed by atoms with Gasteiger partial charge in [-0.1, -0.05) is 17.3 Å². The number of nitrogens with zero attached hydrogens (tertiary/aromatic N) is 3. The summed E-state index contributed by atoms with van der Waals surface area (Å²) in [6.45, 7) is 0.445. The highest BCUT2D eigenvalue weighted by molar-refractivity contribution is 5.98. The molecule has 1 aliphatic heterocycles. The monoisotopic (exact) mass is 353 g/mol. The molecule has 8 nitrogen and oxygen atoms in total. The van der Waals surface area contributed by atoms with Gasteiger partial charge >= 0.3 is 5.97 Å². The van der Waals surface area contributed by atoms with E-state index >= 15 is 0 Å². The van der Waals surface area contributed by atoms with E-state index in [9.17, 15) is 9.59 Å². The number of fused-ring (bicyclic) bond motifs is 2. The maximum Gasteiger partial charge on any atom is 0.328 e. The number of carbonyl (C=O) groups is 2. The van der Waals surface area contributed by atoms with E-state index < -0.39 is 5.97 Å². The molecule has 4 rings (SSSR count). The molecule has 0 aliphatic carbocycles. The van der Waals surface area contributed by atoms with E-state index in [1.54, 1.807) is 24.3 Å². The van der Waals surface area contributed by atoms with Gasteiger partial charge in [-0.25, -0.2) is 4.68 Å². The molecule has 0 saturated carbocycles. The van der Waals surface area contributed by atoms with Crippen LogP contribution in [0.1, 0.15) is 10.4 Å². The van der Waals surface area contributed by atoms with Crippen molar-refractivity contribution in [2.24, 2.45) is 0 Å². The average Bonchev–Trinajstić information content (AvgIpc) is 3.08. The first-order valence-electron chi connectivity index (χ1n) is 8.07. The molecule has 0 bridgehead atoms. The Morgan fingerprint density at radius 2 is 1.88 bits per heavy atom.